The van der Waals surface area contributed by atoms with Crippen LogP contribution in [0.3, 0.4) is 0 Å². The fourth-order valence-corrected chi connectivity index (χ4v) is 4.42. The van der Waals surface area contributed by atoms with Crippen LogP contribution in [-0.2, 0) is 13.1 Å². The number of amides is 2. The Balaban J connectivity index is 1.39. The van der Waals surface area contributed by atoms with Crippen molar-refractivity contribution in [2.45, 2.75) is 13.1 Å². The fourth-order valence-electron chi connectivity index (χ4n) is 4.19. The molecule has 34 heavy (non-hydrogen) atoms. The maximum absolute atomic E-state index is 13.6. The van der Waals surface area contributed by atoms with E-state index in [1.807, 2.05) is 47.0 Å². The third-order valence-corrected chi connectivity index (χ3v) is 6.27. The van der Waals surface area contributed by atoms with Crippen LogP contribution in [0.1, 0.15) is 32.0 Å². The van der Waals surface area contributed by atoms with Gasteiger partial charge >= 0.3 is 0 Å². The summed E-state index contributed by atoms with van der Waals surface area (Å²) >= 11 is 6.38. The number of fused-ring (bicyclic) bond motifs is 2. The Kier molecular flexibility index (Phi) is 5.82. The van der Waals surface area contributed by atoms with Gasteiger partial charge in [-0.3, -0.25) is 9.59 Å². The van der Waals surface area contributed by atoms with Crippen molar-refractivity contribution in [3.05, 3.63) is 112 Å². The molecule has 0 radical (unpaired) electrons. The molecule has 0 aliphatic carbocycles. The summed E-state index contributed by atoms with van der Waals surface area (Å²) in [5, 5.41) is 3.51. The minimum Gasteiger partial charge on any atom is -0.496 e. The molecular weight excluding hydrogens is 450 g/mol. The fraction of sp³-hybridized carbons (Fsp3) is 0.111. The highest BCUT2D eigenvalue weighted by molar-refractivity contribution is 6.29. The van der Waals surface area contributed by atoms with Crippen LogP contribution >= 0.6 is 11.6 Å². The number of nitrogens with zero attached hydrogens (tertiary/aromatic N) is 2. The van der Waals surface area contributed by atoms with Crippen LogP contribution in [-0.4, -0.2) is 23.5 Å². The van der Waals surface area contributed by atoms with Crippen LogP contribution in [0.15, 0.2) is 84.9 Å². The number of rotatable bonds is 4. The van der Waals surface area contributed by atoms with Crippen LogP contribution in [0.25, 0.3) is 0 Å². The van der Waals surface area contributed by atoms with E-state index < -0.39 is 0 Å². The molecule has 0 atom stereocenters. The number of nitrogens with one attached hydrogen (secondary N) is 1. The van der Waals surface area contributed by atoms with E-state index in [1.165, 1.54) is 7.11 Å². The van der Waals surface area contributed by atoms with Crippen molar-refractivity contribution in [2.24, 2.45) is 0 Å². The Hall–Kier alpha value is -4.03. The maximum Gasteiger partial charge on any atom is 0.259 e. The van der Waals surface area contributed by atoms with Gasteiger partial charge in [-0.2, -0.15) is 0 Å². The molecule has 0 saturated carbocycles. The van der Waals surface area contributed by atoms with Crippen molar-refractivity contribution < 1.29 is 14.3 Å². The lowest BCUT2D eigenvalue weighted by molar-refractivity contribution is 0.0983. The molecule has 170 valence electrons. The second-order valence-corrected chi connectivity index (χ2v) is 8.37. The summed E-state index contributed by atoms with van der Waals surface area (Å²) in [6, 6.07) is 25.6. The number of hydrogen-bond donors (Lipinski definition) is 1. The molecule has 2 amide bonds. The predicted molar refractivity (Wildman–Crippen MR) is 133 cm³/mol. The molecule has 7 heteroatoms. The number of carbonyl (C=O) groups is 2. The second-order valence-electron chi connectivity index (χ2n) is 7.99. The first kappa shape index (κ1) is 21.8. The average Bonchev–Trinajstić information content (AvgIpc) is 3.11. The normalized spacial score (nSPS) is 12.4. The van der Waals surface area contributed by atoms with Crippen molar-refractivity contribution in [2.75, 3.05) is 17.3 Å². The molecule has 0 saturated heterocycles. The summed E-state index contributed by atoms with van der Waals surface area (Å²) in [5.74, 6) is 0.0907. The first-order valence-electron chi connectivity index (χ1n) is 10.8. The molecule has 3 aromatic carbocycles. The zero-order valence-corrected chi connectivity index (χ0v) is 19.3. The molecule has 0 unspecified atom stereocenters. The van der Waals surface area contributed by atoms with E-state index in [9.17, 15) is 9.59 Å². The van der Waals surface area contributed by atoms with Gasteiger partial charge in [0.15, 0.2) is 0 Å². The van der Waals surface area contributed by atoms with Gasteiger partial charge in [-0.25, -0.2) is 0 Å². The van der Waals surface area contributed by atoms with Crippen molar-refractivity contribution in [3.8, 4) is 5.75 Å². The lowest BCUT2D eigenvalue weighted by Crippen LogP contribution is -2.30. The monoisotopic (exact) mass is 471 g/mol. The van der Waals surface area contributed by atoms with Crippen LogP contribution in [0.4, 0.5) is 11.4 Å². The quantitative estimate of drug-likeness (QED) is 0.420. The van der Waals surface area contributed by atoms with Gasteiger partial charge in [0.05, 0.1) is 25.8 Å². The summed E-state index contributed by atoms with van der Waals surface area (Å²) in [4.78, 5) is 28.0. The maximum atomic E-state index is 13.6. The molecule has 0 fully saturated rings. The smallest absolute Gasteiger partial charge is 0.259 e. The van der Waals surface area contributed by atoms with E-state index in [0.717, 1.165) is 16.9 Å². The number of hydrogen-bond acceptors (Lipinski definition) is 3. The van der Waals surface area contributed by atoms with Gasteiger partial charge in [0.25, 0.3) is 11.8 Å². The average molecular weight is 472 g/mol. The van der Waals surface area contributed by atoms with Gasteiger partial charge in [0.2, 0.25) is 0 Å². The van der Waals surface area contributed by atoms with Crippen LogP contribution < -0.4 is 15.0 Å². The van der Waals surface area contributed by atoms with E-state index in [-0.39, 0.29) is 11.8 Å². The van der Waals surface area contributed by atoms with Crippen LogP contribution in [0, 0.1) is 0 Å². The molecule has 2 heterocycles. The molecule has 1 aliphatic heterocycles. The van der Waals surface area contributed by atoms with Gasteiger partial charge in [-0.05, 0) is 60.2 Å². The Morgan fingerprint density at radius 1 is 0.882 bits per heavy atom. The molecule has 1 N–H and O–H groups in total. The first-order chi connectivity index (χ1) is 16.5. The number of anilines is 2. The number of ether oxygens (including phenoxy) is 1. The lowest BCUT2D eigenvalue weighted by Gasteiger charge is -2.23. The molecule has 1 aromatic heterocycles. The van der Waals surface area contributed by atoms with Crippen molar-refractivity contribution in [1.29, 1.82) is 0 Å². The molecule has 6 nitrogen and oxygen atoms in total. The summed E-state index contributed by atoms with van der Waals surface area (Å²) in [6.07, 6.45) is 0. The highest BCUT2D eigenvalue weighted by Crippen LogP contribution is 2.31. The van der Waals surface area contributed by atoms with E-state index in [1.54, 1.807) is 47.4 Å². The van der Waals surface area contributed by atoms with E-state index in [0.29, 0.717) is 40.8 Å². The highest BCUT2D eigenvalue weighted by atomic mass is 35.5. The molecule has 0 spiro atoms. The van der Waals surface area contributed by atoms with Crippen LogP contribution in [0.5, 0.6) is 5.75 Å². The molecule has 1 aliphatic rings. The summed E-state index contributed by atoms with van der Waals surface area (Å²) in [6.45, 7) is 1.02. The Labute approximate surface area is 202 Å². The summed E-state index contributed by atoms with van der Waals surface area (Å²) in [5.41, 5.74) is 4.40. The topological polar surface area (TPSA) is 63.6 Å². The minimum atomic E-state index is -0.282. The molecule has 0 bridgehead atoms. The summed E-state index contributed by atoms with van der Waals surface area (Å²) < 4.78 is 7.28. The lowest BCUT2D eigenvalue weighted by atomic mass is 10.1. The summed E-state index contributed by atoms with van der Waals surface area (Å²) in [7, 11) is 1.53. The molecule has 5 rings (SSSR count). The highest BCUT2D eigenvalue weighted by Gasteiger charge is 2.25. The zero-order chi connectivity index (χ0) is 23.7. The number of para-hydroxylation sites is 2. The Morgan fingerprint density at radius 3 is 2.41 bits per heavy atom. The number of halogens is 1. The van der Waals surface area contributed by atoms with E-state index >= 15 is 0 Å². The minimum absolute atomic E-state index is 0.124. The second kappa shape index (κ2) is 9.08. The SMILES string of the molecule is COc1ccccc1C(=O)Nc1ccc(C(=O)N2Cc3ccc(Cl)n3Cc3ccccc32)cc1. The van der Waals surface area contributed by atoms with Gasteiger partial charge < -0.3 is 19.5 Å². The van der Waals surface area contributed by atoms with E-state index in [4.69, 9.17) is 16.3 Å². The standard InChI is InChI=1S/C27H22ClN3O3/c1-34-24-9-5-3-7-22(24)26(32)29-20-12-10-18(11-13-20)27(33)31-17-21-14-15-25(28)30(21)16-19-6-2-4-8-23(19)31/h2-15H,16-17H2,1H3,(H,29,32). The van der Waals surface area contributed by atoms with Crippen molar-refractivity contribution in [3.63, 3.8) is 0 Å². The number of methoxy groups -OCH3 is 1. The van der Waals surface area contributed by atoms with Crippen LogP contribution in [0.2, 0.25) is 5.15 Å². The third kappa shape index (κ3) is 4.04. The third-order valence-electron chi connectivity index (χ3n) is 5.94. The van der Waals surface area contributed by atoms with E-state index in [2.05, 4.69) is 5.32 Å². The number of carbonyl (C=O) groups excluding carboxylic acids is 2. The largest absolute Gasteiger partial charge is 0.496 e. The Morgan fingerprint density at radius 2 is 1.62 bits per heavy atom. The predicted octanol–water partition coefficient (Wildman–Crippen LogP) is 5.61. The number of benzene rings is 3. The van der Waals surface area contributed by atoms with Gasteiger partial charge in [-0.15, -0.1) is 0 Å². The Bertz CT molecular complexity index is 1380. The van der Waals surface area contributed by atoms with Crippen molar-refractivity contribution in [1.82, 2.24) is 4.57 Å². The molecule has 4 aromatic rings. The van der Waals surface area contributed by atoms with Gasteiger partial charge in [0, 0.05) is 22.6 Å². The van der Waals surface area contributed by atoms with Gasteiger partial charge in [-0.1, -0.05) is 41.9 Å². The zero-order valence-electron chi connectivity index (χ0n) is 18.5. The number of aromatic nitrogens is 1. The van der Waals surface area contributed by atoms with Crippen molar-refractivity contribution >= 4 is 34.8 Å². The molecular formula is C27H22ClN3O3. The van der Waals surface area contributed by atoms with Gasteiger partial charge in [0.1, 0.15) is 10.9 Å². The first-order valence-corrected chi connectivity index (χ1v) is 11.2.